The Kier molecular flexibility index (Phi) is 9.70. The predicted molar refractivity (Wildman–Crippen MR) is 172 cm³/mol. The number of hydrazone groups is 1. The summed E-state index contributed by atoms with van der Waals surface area (Å²) < 4.78 is 8.06. The number of benzene rings is 1. The smallest absolute Gasteiger partial charge is 0.144 e. The van der Waals surface area contributed by atoms with Crippen molar-refractivity contribution in [1.82, 2.24) is 34.6 Å². The maximum absolute atomic E-state index is 7.59. The minimum Gasteiger partial charge on any atom is -0.492 e. The molecular weight excluding hydrogens is 542 g/mol. The molecule has 1 saturated heterocycles. The number of anilines is 1. The number of aliphatic imine (C=N–C) groups is 1. The van der Waals surface area contributed by atoms with Crippen LogP contribution in [0.2, 0.25) is 0 Å². The van der Waals surface area contributed by atoms with E-state index in [0.717, 1.165) is 78.0 Å². The fourth-order valence-corrected chi connectivity index (χ4v) is 4.80. The molecule has 4 aromatic rings. The number of hydrogen-bond acceptors (Lipinski definition) is 10. The highest BCUT2D eigenvalue weighted by Gasteiger charge is 2.16. The third kappa shape index (κ3) is 7.60. The van der Waals surface area contributed by atoms with Gasteiger partial charge in [-0.05, 0) is 30.8 Å². The van der Waals surface area contributed by atoms with Crippen molar-refractivity contribution in [3.8, 4) is 17.1 Å². The summed E-state index contributed by atoms with van der Waals surface area (Å²) in [4.78, 5) is 19.7. The highest BCUT2D eigenvalue weighted by Crippen LogP contribution is 2.23. The summed E-state index contributed by atoms with van der Waals surface area (Å²) in [6.45, 7) is 11.0. The molecule has 0 aliphatic carbocycles. The largest absolute Gasteiger partial charge is 0.492 e. The molecule has 3 aromatic heterocycles. The fourth-order valence-electron chi connectivity index (χ4n) is 4.80. The van der Waals surface area contributed by atoms with Crippen LogP contribution in [0.3, 0.4) is 0 Å². The molecule has 0 amide bonds. The van der Waals surface area contributed by atoms with Crippen molar-refractivity contribution in [2.45, 2.75) is 13.5 Å². The second-order valence-electron chi connectivity index (χ2n) is 10.1. The van der Waals surface area contributed by atoms with Gasteiger partial charge in [0.15, 0.2) is 0 Å². The Morgan fingerprint density at radius 1 is 1.09 bits per heavy atom. The molecule has 43 heavy (non-hydrogen) atoms. The molecule has 5 rings (SSSR count). The standard InChI is InChI=1S/C31H37N11O/c1-23(34-3)39-41-12-10-40(11-13-41)14-15-43-27-8-9-42-29(21-36-31(42)16-27)28-17-30(38-22-37-28)35-19-24-4-6-25(7-5-24)26(18-32)20-33-2/h4-9,16-18,20-22,32-33H,3,10-15,19H2,1-2H3,(H,35,37,38)/b26-20+,32-18?,39-23-. The van der Waals surface area contributed by atoms with E-state index in [1.807, 2.05) is 84.4 Å². The van der Waals surface area contributed by atoms with Gasteiger partial charge in [-0.25, -0.2) is 19.9 Å². The van der Waals surface area contributed by atoms with Gasteiger partial charge in [-0.3, -0.25) is 14.3 Å². The normalized spacial score (nSPS) is 14.5. The summed E-state index contributed by atoms with van der Waals surface area (Å²) in [5.74, 6) is 2.20. The highest BCUT2D eigenvalue weighted by atomic mass is 16.5. The van der Waals surface area contributed by atoms with E-state index in [-0.39, 0.29) is 0 Å². The zero-order valence-corrected chi connectivity index (χ0v) is 24.6. The molecule has 3 N–H and O–H groups in total. The topological polar surface area (TPSA) is 131 Å². The Labute approximate surface area is 251 Å². The molecule has 222 valence electrons. The van der Waals surface area contributed by atoms with Crippen molar-refractivity contribution in [3.63, 3.8) is 0 Å². The lowest BCUT2D eigenvalue weighted by atomic mass is 10.1. The van der Waals surface area contributed by atoms with Gasteiger partial charge in [0.1, 0.15) is 36.0 Å². The van der Waals surface area contributed by atoms with Gasteiger partial charge >= 0.3 is 0 Å². The number of pyridine rings is 1. The summed E-state index contributed by atoms with van der Waals surface area (Å²) >= 11 is 0. The molecular formula is C31H37N11O. The van der Waals surface area contributed by atoms with Crippen molar-refractivity contribution >= 4 is 35.8 Å². The fraction of sp³-hybridized carbons (Fsp3) is 0.290. The average Bonchev–Trinajstić information content (AvgIpc) is 3.47. The first-order valence-corrected chi connectivity index (χ1v) is 14.2. The zero-order valence-electron chi connectivity index (χ0n) is 24.6. The van der Waals surface area contributed by atoms with Crippen LogP contribution in [0.5, 0.6) is 5.75 Å². The van der Waals surface area contributed by atoms with E-state index >= 15 is 0 Å². The van der Waals surface area contributed by atoms with Crippen LogP contribution >= 0.6 is 0 Å². The Balaban J connectivity index is 1.15. The van der Waals surface area contributed by atoms with Crippen LogP contribution in [-0.2, 0) is 6.54 Å². The van der Waals surface area contributed by atoms with Crippen molar-refractivity contribution in [2.24, 2.45) is 10.1 Å². The summed E-state index contributed by atoms with van der Waals surface area (Å²) in [5, 5.41) is 20.4. The Morgan fingerprint density at radius 2 is 1.91 bits per heavy atom. The van der Waals surface area contributed by atoms with Gasteiger partial charge in [0, 0.05) is 82.6 Å². The zero-order chi connectivity index (χ0) is 30.0. The second kappa shape index (κ2) is 14.2. The van der Waals surface area contributed by atoms with Gasteiger partial charge in [-0.15, -0.1) is 0 Å². The summed E-state index contributed by atoms with van der Waals surface area (Å²) in [6, 6.07) is 13.9. The van der Waals surface area contributed by atoms with Gasteiger partial charge in [-0.2, -0.15) is 5.10 Å². The van der Waals surface area contributed by atoms with Crippen molar-refractivity contribution < 1.29 is 4.74 Å². The Bertz CT molecular complexity index is 1600. The van der Waals surface area contributed by atoms with Crippen molar-refractivity contribution in [2.75, 3.05) is 51.7 Å². The van der Waals surface area contributed by atoms with Gasteiger partial charge in [0.25, 0.3) is 0 Å². The molecule has 0 spiro atoms. The van der Waals surface area contributed by atoms with Gasteiger partial charge in [0.2, 0.25) is 0 Å². The number of nitrogens with one attached hydrogen (secondary N) is 3. The minimum atomic E-state index is 0.598. The molecule has 1 aliphatic rings. The third-order valence-corrected chi connectivity index (χ3v) is 7.17. The molecule has 1 aromatic carbocycles. The SMILES string of the molecule is C=N/C(C)=N\N1CCN(CCOc2ccn3c(-c4cc(NCc5ccc(/C(C=N)=C/NC)cc5)ncn4)cnc3c2)CC1. The summed E-state index contributed by atoms with van der Waals surface area (Å²) in [5.41, 5.74) is 5.33. The maximum Gasteiger partial charge on any atom is 0.144 e. The van der Waals surface area contributed by atoms with Gasteiger partial charge in [0.05, 0.1) is 17.6 Å². The quantitative estimate of drug-likeness (QED) is 0.171. The summed E-state index contributed by atoms with van der Waals surface area (Å²) in [7, 11) is 1.82. The molecule has 0 radical (unpaired) electrons. The Hall–Kier alpha value is -5.10. The first kappa shape index (κ1) is 29.4. The molecule has 4 heterocycles. The molecule has 0 bridgehead atoms. The second-order valence-corrected chi connectivity index (χ2v) is 10.1. The number of fused-ring (bicyclic) bond motifs is 1. The minimum absolute atomic E-state index is 0.598. The van der Waals surface area contributed by atoms with Crippen molar-refractivity contribution in [1.29, 1.82) is 5.41 Å². The number of imidazole rings is 1. The number of piperazine rings is 1. The van der Waals surface area contributed by atoms with Crippen LogP contribution in [0.15, 0.2) is 77.5 Å². The molecule has 1 fully saturated rings. The molecule has 0 unspecified atom stereocenters. The first-order valence-electron chi connectivity index (χ1n) is 14.2. The Morgan fingerprint density at radius 3 is 2.65 bits per heavy atom. The number of ether oxygens (including phenoxy) is 1. The first-order chi connectivity index (χ1) is 21.1. The van der Waals surface area contributed by atoms with Crippen molar-refractivity contribution in [3.05, 3.63) is 78.5 Å². The molecule has 0 atom stereocenters. The van der Waals surface area contributed by atoms with E-state index in [4.69, 9.17) is 10.1 Å². The lowest BCUT2D eigenvalue weighted by Crippen LogP contribution is -2.45. The van der Waals surface area contributed by atoms with Crippen LogP contribution in [0, 0.1) is 5.41 Å². The lowest BCUT2D eigenvalue weighted by molar-refractivity contribution is 0.119. The third-order valence-electron chi connectivity index (χ3n) is 7.17. The van der Waals surface area contributed by atoms with E-state index in [9.17, 15) is 0 Å². The monoisotopic (exact) mass is 579 g/mol. The van der Waals surface area contributed by atoms with Crippen LogP contribution in [0.4, 0.5) is 5.82 Å². The highest BCUT2D eigenvalue weighted by molar-refractivity contribution is 6.08. The molecule has 12 heteroatoms. The van der Waals surface area contributed by atoms with E-state index in [1.54, 1.807) is 6.33 Å². The molecule has 0 saturated carbocycles. The van der Waals surface area contributed by atoms with E-state index in [2.05, 4.69) is 47.3 Å². The predicted octanol–water partition coefficient (Wildman–Crippen LogP) is 3.64. The number of aromatic nitrogens is 4. The number of rotatable bonds is 12. The summed E-state index contributed by atoms with van der Waals surface area (Å²) in [6.07, 6.45) is 8.48. The van der Waals surface area contributed by atoms with Gasteiger partial charge < -0.3 is 20.8 Å². The average molecular weight is 580 g/mol. The van der Waals surface area contributed by atoms with E-state index in [0.29, 0.717) is 19.0 Å². The number of amidine groups is 1. The maximum atomic E-state index is 7.59. The van der Waals surface area contributed by atoms with Gasteiger partial charge in [-0.1, -0.05) is 24.3 Å². The number of hydrogen-bond donors (Lipinski definition) is 3. The van der Waals surface area contributed by atoms with Crippen LogP contribution in [0.25, 0.3) is 22.6 Å². The van der Waals surface area contributed by atoms with E-state index in [1.165, 1.54) is 6.21 Å². The van der Waals surface area contributed by atoms with E-state index < -0.39 is 0 Å². The van der Waals surface area contributed by atoms with Crippen LogP contribution < -0.4 is 15.4 Å². The van der Waals surface area contributed by atoms with Crippen LogP contribution in [-0.4, -0.2) is 94.4 Å². The number of allylic oxidation sites excluding steroid dienone is 1. The van der Waals surface area contributed by atoms with Crippen LogP contribution in [0.1, 0.15) is 18.1 Å². The molecule has 1 aliphatic heterocycles. The lowest BCUT2D eigenvalue weighted by Gasteiger charge is -2.32. The number of nitrogens with zero attached hydrogens (tertiary/aromatic N) is 8. The molecule has 12 nitrogen and oxygen atoms in total.